The first-order valence-corrected chi connectivity index (χ1v) is 6.56. The molecule has 1 aromatic heterocycles. The van der Waals surface area contributed by atoms with Crippen LogP contribution in [0.1, 0.15) is 21.6 Å². The van der Waals surface area contributed by atoms with Crippen molar-refractivity contribution in [2.45, 2.75) is 12.5 Å². The van der Waals surface area contributed by atoms with Crippen molar-refractivity contribution < 1.29 is 14.3 Å². The van der Waals surface area contributed by atoms with Crippen LogP contribution in [-0.2, 0) is 16.0 Å². The van der Waals surface area contributed by atoms with E-state index in [4.69, 9.17) is 11.2 Å². The normalized spacial score (nSPS) is 11.3. The number of terminal acetylenes is 1. The number of benzene rings is 1. The molecule has 0 spiro atoms. The van der Waals surface area contributed by atoms with Crippen molar-refractivity contribution in [1.82, 2.24) is 15.3 Å². The number of amides is 1. The van der Waals surface area contributed by atoms with Gasteiger partial charge >= 0.3 is 5.97 Å². The van der Waals surface area contributed by atoms with Gasteiger partial charge in [0.1, 0.15) is 6.04 Å². The molecule has 112 valence electrons. The van der Waals surface area contributed by atoms with Crippen LogP contribution in [0.2, 0.25) is 0 Å². The second-order valence-electron chi connectivity index (χ2n) is 4.55. The molecule has 1 amide bonds. The van der Waals surface area contributed by atoms with Gasteiger partial charge < -0.3 is 15.0 Å². The summed E-state index contributed by atoms with van der Waals surface area (Å²) < 4.78 is 4.72. The standard InChI is InChI=1S/C16H15N3O3/c1-3-11-4-6-12(7-5-11)15(20)19-14(16(21)22-2)8-13-9-17-10-18-13/h1,4-7,9-10,14H,8H2,2H3,(H,17,18)(H,19,20). The number of esters is 1. The summed E-state index contributed by atoms with van der Waals surface area (Å²) in [5.74, 6) is 1.57. The minimum absolute atomic E-state index is 0.265. The summed E-state index contributed by atoms with van der Waals surface area (Å²) in [6.45, 7) is 0. The number of methoxy groups -OCH3 is 1. The van der Waals surface area contributed by atoms with Crippen LogP contribution in [0.15, 0.2) is 36.8 Å². The molecule has 2 N–H and O–H groups in total. The van der Waals surface area contributed by atoms with E-state index in [1.54, 1.807) is 30.5 Å². The Morgan fingerprint density at radius 2 is 2.14 bits per heavy atom. The van der Waals surface area contributed by atoms with E-state index < -0.39 is 12.0 Å². The molecule has 22 heavy (non-hydrogen) atoms. The Morgan fingerprint density at radius 1 is 1.41 bits per heavy atom. The summed E-state index contributed by atoms with van der Waals surface area (Å²) in [4.78, 5) is 30.8. The number of rotatable bonds is 5. The molecule has 0 saturated heterocycles. The van der Waals surface area contributed by atoms with Gasteiger partial charge in [0.2, 0.25) is 0 Å². The average Bonchev–Trinajstić information content (AvgIpc) is 3.06. The number of nitrogens with zero attached hydrogens (tertiary/aromatic N) is 1. The molecule has 2 aromatic rings. The summed E-state index contributed by atoms with van der Waals surface area (Å²) in [6, 6.07) is 5.74. The van der Waals surface area contributed by atoms with Crippen LogP contribution < -0.4 is 5.32 Å². The van der Waals surface area contributed by atoms with Gasteiger partial charge in [0, 0.05) is 29.4 Å². The molecular formula is C16H15N3O3. The number of imidazole rings is 1. The first-order valence-electron chi connectivity index (χ1n) is 6.56. The monoisotopic (exact) mass is 297 g/mol. The van der Waals surface area contributed by atoms with Gasteiger partial charge in [0.15, 0.2) is 0 Å². The van der Waals surface area contributed by atoms with Gasteiger partial charge in [0.05, 0.1) is 13.4 Å². The second-order valence-corrected chi connectivity index (χ2v) is 4.55. The fourth-order valence-corrected chi connectivity index (χ4v) is 1.91. The molecule has 1 aromatic carbocycles. The topological polar surface area (TPSA) is 84.1 Å². The molecule has 6 heteroatoms. The van der Waals surface area contributed by atoms with Crippen molar-refractivity contribution in [3.8, 4) is 12.3 Å². The van der Waals surface area contributed by atoms with E-state index in [2.05, 4.69) is 21.2 Å². The maximum Gasteiger partial charge on any atom is 0.328 e. The Hall–Kier alpha value is -3.07. The van der Waals surface area contributed by atoms with E-state index in [0.717, 1.165) is 5.69 Å². The molecule has 0 fully saturated rings. The van der Waals surface area contributed by atoms with Crippen molar-refractivity contribution in [2.75, 3.05) is 7.11 Å². The fourth-order valence-electron chi connectivity index (χ4n) is 1.91. The van der Waals surface area contributed by atoms with Gasteiger partial charge in [-0.15, -0.1) is 6.42 Å². The molecular weight excluding hydrogens is 282 g/mol. The Bertz CT molecular complexity index is 684. The Labute approximate surface area is 127 Å². The zero-order valence-electron chi connectivity index (χ0n) is 12.0. The van der Waals surface area contributed by atoms with Crippen molar-refractivity contribution >= 4 is 11.9 Å². The summed E-state index contributed by atoms with van der Waals surface area (Å²) >= 11 is 0. The van der Waals surface area contributed by atoms with Crippen molar-refractivity contribution in [3.05, 3.63) is 53.6 Å². The van der Waals surface area contributed by atoms with Crippen LogP contribution in [0, 0.1) is 12.3 Å². The third-order valence-corrected chi connectivity index (χ3v) is 3.08. The summed E-state index contributed by atoms with van der Waals surface area (Å²) in [7, 11) is 1.27. The van der Waals surface area contributed by atoms with Gasteiger partial charge in [-0.3, -0.25) is 4.79 Å². The van der Waals surface area contributed by atoms with E-state index >= 15 is 0 Å². The third kappa shape index (κ3) is 3.73. The van der Waals surface area contributed by atoms with Crippen LogP contribution >= 0.6 is 0 Å². The lowest BCUT2D eigenvalue weighted by Crippen LogP contribution is -2.43. The molecule has 1 unspecified atom stereocenters. The molecule has 0 bridgehead atoms. The summed E-state index contributed by atoms with van der Waals surface area (Å²) in [5, 5.41) is 2.65. The smallest absolute Gasteiger partial charge is 0.328 e. The predicted octanol–water partition coefficient (Wildman–Crippen LogP) is 0.905. The first kappa shape index (κ1) is 15.3. The van der Waals surface area contributed by atoms with Gasteiger partial charge in [-0.2, -0.15) is 0 Å². The highest BCUT2D eigenvalue weighted by Gasteiger charge is 2.23. The number of ether oxygens (including phenoxy) is 1. The van der Waals surface area contributed by atoms with Gasteiger partial charge in [-0.25, -0.2) is 9.78 Å². The molecule has 0 aliphatic rings. The highest BCUT2D eigenvalue weighted by Crippen LogP contribution is 2.06. The van der Waals surface area contributed by atoms with E-state index in [1.165, 1.54) is 13.4 Å². The Morgan fingerprint density at radius 3 is 2.68 bits per heavy atom. The molecule has 0 aliphatic carbocycles. The number of aromatic amines is 1. The number of H-pyrrole nitrogens is 1. The zero-order valence-corrected chi connectivity index (χ0v) is 12.0. The molecule has 1 heterocycles. The molecule has 0 aliphatic heterocycles. The fraction of sp³-hybridized carbons (Fsp3) is 0.188. The van der Waals surface area contributed by atoms with E-state index in [0.29, 0.717) is 11.1 Å². The number of carbonyl (C=O) groups is 2. The largest absolute Gasteiger partial charge is 0.467 e. The lowest BCUT2D eigenvalue weighted by molar-refractivity contribution is -0.142. The lowest BCUT2D eigenvalue weighted by Gasteiger charge is -2.15. The van der Waals surface area contributed by atoms with E-state index in [-0.39, 0.29) is 12.3 Å². The molecule has 1 atom stereocenters. The van der Waals surface area contributed by atoms with Crippen LogP contribution in [-0.4, -0.2) is 35.0 Å². The van der Waals surface area contributed by atoms with Crippen LogP contribution in [0.5, 0.6) is 0 Å². The van der Waals surface area contributed by atoms with Crippen molar-refractivity contribution in [3.63, 3.8) is 0 Å². The maximum atomic E-state index is 12.2. The first-order chi connectivity index (χ1) is 10.6. The minimum Gasteiger partial charge on any atom is -0.467 e. The highest BCUT2D eigenvalue weighted by atomic mass is 16.5. The van der Waals surface area contributed by atoms with Crippen LogP contribution in [0.4, 0.5) is 0 Å². The quantitative estimate of drug-likeness (QED) is 0.634. The second kappa shape index (κ2) is 7.09. The van der Waals surface area contributed by atoms with Crippen LogP contribution in [0.3, 0.4) is 0 Å². The van der Waals surface area contributed by atoms with Gasteiger partial charge in [0.25, 0.3) is 5.91 Å². The molecule has 2 rings (SSSR count). The summed E-state index contributed by atoms with van der Waals surface area (Å²) in [6.07, 6.45) is 8.62. The molecule has 0 radical (unpaired) electrons. The Kier molecular flexibility index (Phi) is 4.94. The number of hydrogen-bond acceptors (Lipinski definition) is 4. The minimum atomic E-state index is -0.801. The molecule has 6 nitrogen and oxygen atoms in total. The van der Waals surface area contributed by atoms with Crippen molar-refractivity contribution in [2.24, 2.45) is 0 Å². The predicted molar refractivity (Wildman–Crippen MR) is 79.9 cm³/mol. The number of hydrogen-bond donors (Lipinski definition) is 2. The zero-order chi connectivity index (χ0) is 15.9. The van der Waals surface area contributed by atoms with E-state index in [1.807, 2.05) is 0 Å². The number of carbonyl (C=O) groups excluding carboxylic acids is 2. The van der Waals surface area contributed by atoms with Crippen molar-refractivity contribution in [1.29, 1.82) is 0 Å². The van der Waals surface area contributed by atoms with E-state index in [9.17, 15) is 9.59 Å². The lowest BCUT2D eigenvalue weighted by atomic mass is 10.1. The number of nitrogens with one attached hydrogen (secondary N) is 2. The van der Waals surface area contributed by atoms with Crippen LogP contribution in [0.25, 0.3) is 0 Å². The van der Waals surface area contributed by atoms with Gasteiger partial charge in [-0.05, 0) is 24.3 Å². The third-order valence-electron chi connectivity index (χ3n) is 3.08. The maximum absolute atomic E-state index is 12.2. The SMILES string of the molecule is C#Cc1ccc(C(=O)NC(Cc2cnc[nH]2)C(=O)OC)cc1. The number of aromatic nitrogens is 2. The summed E-state index contributed by atoms with van der Waals surface area (Å²) in [5.41, 5.74) is 1.81. The highest BCUT2D eigenvalue weighted by molar-refractivity contribution is 5.96. The average molecular weight is 297 g/mol. The van der Waals surface area contributed by atoms with Gasteiger partial charge in [-0.1, -0.05) is 5.92 Å². The Balaban J connectivity index is 2.10. The molecule has 0 saturated carbocycles.